The number of nitrogens with one attached hydrogen (secondary N) is 1. The molecular weight excluding hydrogens is 266 g/mol. The summed E-state index contributed by atoms with van der Waals surface area (Å²) in [4.78, 5) is 17.4. The minimum absolute atomic E-state index is 0.107. The Morgan fingerprint density at radius 1 is 1.60 bits per heavy atom. The molecule has 0 amide bonds. The molecule has 2 aromatic rings. The third kappa shape index (κ3) is 2.98. The fourth-order valence-electron chi connectivity index (χ4n) is 1.53. The molecule has 2 aromatic heterocycles. The van der Waals surface area contributed by atoms with Crippen molar-refractivity contribution in [2.24, 2.45) is 7.05 Å². The molecule has 0 radical (unpaired) electrons. The molecule has 0 fully saturated rings. The highest BCUT2D eigenvalue weighted by molar-refractivity contribution is 5.53. The van der Waals surface area contributed by atoms with Crippen molar-refractivity contribution < 1.29 is 10.0 Å². The van der Waals surface area contributed by atoms with Crippen LogP contribution in [0.15, 0.2) is 18.6 Å². The molecule has 0 bridgehead atoms. The first-order valence-electron chi connectivity index (χ1n) is 5.64. The molecule has 106 valence electrons. The zero-order chi connectivity index (χ0) is 14.7. The number of hydrogen-bond acceptors (Lipinski definition) is 8. The molecule has 0 aliphatic heterocycles. The normalized spacial score (nSPS) is 12.1. The van der Waals surface area contributed by atoms with Crippen molar-refractivity contribution in [3.05, 3.63) is 34.3 Å². The summed E-state index contributed by atoms with van der Waals surface area (Å²) in [5.74, 6) is -0.126. The average Bonchev–Trinajstić information content (AvgIpc) is 2.82. The number of aromatic nitrogens is 4. The van der Waals surface area contributed by atoms with Gasteiger partial charge in [-0.3, -0.25) is 14.8 Å². The second-order valence-corrected chi connectivity index (χ2v) is 4.07. The van der Waals surface area contributed by atoms with E-state index in [1.54, 1.807) is 17.9 Å². The number of rotatable bonds is 5. The number of nitrogens with zero attached hydrogens (tertiary/aromatic N) is 5. The Morgan fingerprint density at radius 3 is 2.90 bits per heavy atom. The summed E-state index contributed by atoms with van der Waals surface area (Å²) >= 11 is 0. The number of hydrogen-bond donors (Lipinski definition) is 3. The van der Waals surface area contributed by atoms with E-state index in [-0.39, 0.29) is 24.0 Å². The van der Waals surface area contributed by atoms with E-state index >= 15 is 0 Å². The van der Waals surface area contributed by atoms with Crippen LogP contribution in [-0.2, 0) is 7.05 Å². The van der Waals surface area contributed by atoms with E-state index < -0.39 is 11.0 Å². The molecule has 10 nitrogen and oxygen atoms in total. The molecule has 4 N–H and O–H groups in total. The zero-order valence-electron chi connectivity index (χ0n) is 10.6. The predicted molar refractivity (Wildman–Crippen MR) is 69.8 cm³/mol. The van der Waals surface area contributed by atoms with Gasteiger partial charge in [0.2, 0.25) is 11.8 Å². The largest absolute Gasteiger partial charge is 0.386 e. The van der Waals surface area contributed by atoms with Crippen LogP contribution in [0.5, 0.6) is 0 Å². The molecule has 1 atom stereocenters. The molecule has 0 saturated carbocycles. The number of anilines is 2. The zero-order valence-corrected chi connectivity index (χ0v) is 10.6. The lowest BCUT2D eigenvalue weighted by Gasteiger charge is -2.09. The van der Waals surface area contributed by atoms with Crippen molar-refractivity contribution in [3.8, 4) is 0 Å². The van der Waals surface area contributed by atoms with Crippen LogP contribution in [0.1, 0.15) is 11.7 Å². The summed E-state index contributed by atoms with van der Waals surface area (Å²) in [5.41, 5.74) is 5.71. The van der Waals surface area contributed by atoms with Crippen molar-refractivity contribution in [2.45, 2.75) is 6.10 Å². The summed E-state index contributed by atoms with van der Waals surface area (Å²) in [5, 5.41) is 27.1. The Balaban J connectivity index is 2.00. The molecule has 2 heterocycles. The first-order valence-corrected chi connectivity index (χ1v) is 5.64. The second kappa shape index (κ2) is 5.48. The van der Waals surface area contributed by atoms with Gasteiger partial charge in [-0.15, -0.1) is 0 Å². The molecule has 0 saturated heterocycles. The molecule has 0 aromatic carbocycles. The van der Waals surface area contributed by atoms with E-state index in [1.165, 1.54) is 6.20 Å². The summed E-state index contributed by atoms with van der Waals surface area (Å²) in [6, 6.07) is 0. The lowest BCUT2D eigenvalue weighted by atomic mass is 10.2. The van der Waals surface area contributed by atoms with Gasteiger partial charge < -0.3 is 16.2 Å². The third-order valence-electron chi connectivity index (χ3n) is 2.56. The Morgan fingerprint density at radius 2 is 2.35 bits per heavy atom. The number of aliphatic hydroxyl groups excluding tert-OH is 1. The van der Waals surface area contributed by atoms with Gasteiger partial charge in [-0.2, -0.15) is 10.1 Å². The first kappa shape index (κ1) is 13.7. The number of aliphatic hydroxyl groups is 1. The van der Waals surface area contributed by atoms with Crippen LogP contribution >= 0.6 is 0 Å². The van der Waals surface area contributed by atoms with Gasteiger partial charge in [0.25, 0.3) is 0 Å². The minimum Gasteiger partial charge on any atom is -0.386 e. The summed E-state index contributed by atoms with van der Waals surface area (Å²) in [6.07, 6.45) is 3.43. The first-order chi connectivity index (χ1) is 9.47. The van der Waals surface area contributed by atoms with E-state index in [4.69, 9.17) is 5.73 Å². The molecule has 10 heteroatoms. The summed E-state index contributed by atoms with van der Waals surface area (Å²) < 4.78 is 1.57. The number of nitro groups is 1. The van der Waals surface area contributed by atoms with Crippen molar-refractivity contribution in [1.29, 1.82) is 0 Å². The quantitative estimate of drug-likeness (QED) is 0.506. The number of aryl methyl sites for hydroxylation is 1. The molecule has 20 heavy (non-hydrogen) atoms. The molecule has 0 aliphatic carbocycles. The smallest absolute Gasteiger partial charge is 0.329 e. The van der Waals surface area contributed by atoms with Gasteiger partial charge in [0.1, 0.15) is 6.20 Å². The summed E-state index contributed by atoms with van der Waals surface area (Å²) in [6.45, 7) is 0.128. The van der Waals surface area contributed by atoms with E-state index in [1.807, 2.05) is 0 Å². The Kier molecular flexibility index (Phi) is 3.75. The molecule has 0 spiro atoms. The van der Waals surface area contributed by atoms with Crippen LogP contribution in [0.4, 0.5) is 17.5 Å². The standard InChI is InChI=1S/C10H13N7O3/c1-16-5-6(2-14-16)8(18)4-13-10-12-3-7(17(19)20)9(11)15-10/h2-3,5,8,18H,4H2,1H3,(H3,11,12,13,15). The highest BCUT2D eigenvalue weighted by atomic mass is 16.6. The highest BCUT2D eigenvalue weighted by Crippen LogP contribution is 2.19. The van der Waals surface area contributed by atoms with Gasteiger partial charge >= 0.3 is 5.69 Å². The van der Waals surface area contributed by atoms with Gasteiger partial charge in [0.15, 0.2) is 0 Å². The van der Waals surface area contributed by atoms with Crippen molar-refractivity contribution in [1.82, 2.24) is 19.7 Å². The van der Waals surface area contributed by atoms with Crippen LogP contribution in [0.2, 0.25) is 0 Å². The van der Waals surface area contributed by atoms with Gasteiger partial charge in [0, 0.05) is 25.4 Å². The van der Waals surface area contributed by atoms with Gasteiger partial charge in [0.05, 0.1) is 17.2 Å². The van der Waals surface area contributed by atoms with Gasteiger partial charge in [-0.25, -0.2) is 4.98 Å². The van der Waals surface area contributed by atoms with Gasteiger partial charge in [-0.05, 0) is 0 Å². The molecule has 2 rings (SSSR count). The SMILES string of the molecule is Cn1cc(C(O)CNc2ncc([N+](=O)[O-])c(N)n2)cn1. The van der Waals surface area contributed by atoms with Crippen LogP contribution in [-0.4, -0.2) is 36.3 Å². The molecule has 0 aliphatic rings. The fourth-order valence-corrected chi connectivity index (χ4v) is 1.53. The number of nitrogens with two attached hydrogens (primary N) is 1. The molecule has 1 unspecified atom stereocenters. The maximum absolute atomic E-state index is 10.6. The average molecular weight is 279 g/mol. The lowest BCUT2D eigenvalue weighted by molar-refractivity contribution is -0.384. The van der Waals surface area contributed by atoms with Crippen molar-refractivity contribution in [2.75, 3.05) is 17.6 Å². The van der Waals surface area contributed by atoms with Crippen LogP contribution in [0.3, 0.4) is 0 Å². The maximum atomic E-state index is 10.6. The van der Waals surface area contributed by atoms with Gasteiger partial charge in [-0.1, -0.05) is 0 Å². The Labute approximate surface area is 113 Å². The van der Waals surface area contributed by atoms with Crippen molar-refractivity contribution in [3.63, 3.8) is 0 Å². The number of nitrogen functional groups attached to an aromatic ring is 1. The maximum Gasteiger partial charge on any atom is 0.329 e. The van der Waals surface area contributed by atoms with Crippen LogP contribution in [0, 0.1) is 10.1 Å². The van der Waals surface area contributed by atoms with E-state index in [2.05, 4.69) is 20.4 Å². The second-order valence-electron chi connectivity index (χ2n) is 4.07. The summed E-state index contributed by atoms with van der Waals surface area (Å²) in [7, 11) is 1.74. The van der Waals surface area contributed by atoms with Crippen molar-refractivity contribution >= 4 is 17.5 Å². The Hall–Kier alpha value is -2.75. The third-order valence-corrected chi connectivity index (χ3v) is 2.56. The van der Waals surface area contributed by atoms with E-state index in [0.717, 1.165) is 6.20 Å². The topological polar surface area (TPSA) is 145 Å². The van der Waals surface area contributed by atoms with E-state index in [0.29, 0.717) is 5.56 Å². The van der Waals surface area contributed by atoms with E-state index in [9.17, 15) is 15.2 Å². The highest BCUT2D eigenvalue weighted by Gasteiger charge is 2.15. The minimum atomic E-state index is -0.802. The van der Waals surface area contributed by atoms with Crippen LogP contribution < -0.4 is 11.1 Å². The monoisotopic (exact) mass is 279 g/mol. The lowest BCUT2D eigenvalue weighted by Crippen LogP contribution is -2.14. The molecular formula is C10H13N7O3. The fraction of sp³-hybridized carbons (Fsp3) is 0.300. The predicted octanol–water partition coefficient (Wildman–Crippen LogP) is -0.154. The van der Waals surface area contributed by atoms with Crippen LogP contribution in [0.25, 0.3) is 0 Å². The Bertz CT molecular complexity index is 627.